The topological polar surface area (TPSA) is 83.1 Å². The number of nitrogens with one attached hydrogen (secondary N) is 3. The molecular weight excluding hydrogens is 324 g/mol. The van der Waals surface area contributed by atoms with E-state index in [0.717, 1.165) is 30.1 Å². The lowest BCUT2D eigenvalue weighted by Crippen LogP contribution is -2.30. The van der Waals surface area contributed by atoms with E-state index in [1.807, 2.05) is 24.3 Å². The minimum absolute atomic E-state index is 0.101. The van der Waals surface area contributed by atoms with Gasteiger partial charge in [0.1, 0.15) is 0 Å². The Labute approximate surface area is 144 Å². The lowest BCUT2D eigenvalue weighted by molar-refractivity contribution is -0.121. The lowest BCUT2D eigenvalue weighted by atomic mass is 10.1. The van der Waals surface area contributed by atoms with Crippen molar-refractivity contribution in [1.82, 2.24) is 20.9 Å². The zero-order valence-electron chi connectivity index (χ0n) is 13.3. The fourth-order valence-corrected chi connectivity index (χ4v) is 3.62. The Bertz CT molecular complexity index is 691. The molecule has 0 saturated carbocycles. The first-order valence-corrected chi connectivity index (χ1v) is 8.81. The predicted molar refractivity (Wildman–Crippen MR) is 92.8 cm³/mol. The summed E-state index contributed by atoms with van der Waals surface area (Å²) < 4.78 is 0. The Morgan fingerprint density at radius 3 is 3.00 bits per heavy atom. The molecule has 3 heterocycles. The third kappa shape index (κ3) is 4.39. The fraction of sp³-hybridized carbons (Fsp3) is 0.353. The van der Waals surface area contributed by atoms with E-state index in [9.17, 15) is 9.59 Å². The highest BCUT2D eigenvalue weighted by atomic mass is 32.1. The highest BCUT2D eigenvalue weighted by Gasteiger charge is 2.16. The van der Waals surface area contributed by atoms with Gasteiger partial charge in [-0.05, 0) is 30.2 Å². The van der Waals surface area contributed by atoms with Crippen LogP contribution in [0, 0.1) is 0 Å². The maximum absolute atomic E-state index is 12.2. The van der Waals surface area contributed by atoms with Crippen LogP contribution >= 0.6 is 11.3 Å². The zero-order chi connectivity index (χ0) is 16.8. The Kier molecular flexibility index (Phi) is 5.55. The molecule has 2 amide bonds. The summed E-state index contributed by atoms with van der Waals surface area (Å²) >= 11 is 1.55. The van der Waals surface area contributed by atoms with Gasteiger partial charge in [0.2, 0.25) is 5.91 Å². The summed E-state index contributed by atoms with van der Waals surface area (Å²) in [5, 5.41) is 8.90. The maximum Gasteiger partial charge on any atom is 0.261 e. The largest absolute Gasteiger partial charge is 0.351 e. The standard InChI is InChI=1S/C17H20N4O2S/c22-16(21-11-13-3-1-2-6-19-13)5-8-20-17(23)15-9-12-10-18-7-4-14(12)24-15/h1-3,6,9,18H,4-5,7-8,10-11H2,(H,20,23)(H,21,22). The van der Waals surface area contributed by atoms with E-state index in [0.29, 0.717) is 13.1 Å². The molecule has 0 aliphatic carbocycles. The van der Waals surface area contributed by atoms with E-state index >= 15 is 0 Å². The first kappa shape index (κ1) is 16.6. The van der Waals surface area contributed by atoms with Crippen LogP contribution in [0.1, 0.15) is 32.2 Å². The van der Waals surface area contributed by atoms with Gasteiger partial charge in [-0.25, -0.2) is 0 Å². The molecule has 2 aromatic rings. The molecule has 1 aliphatic heterocycles. The van der Waals surface area contributed by atoms with Crippen LogP contribution in [0.2, 0.25) is 0 Å². The number of aromatic nitrogens is 1. The number of fused-ring (bicyclic) bond motifs is 1. The summed E-state index contributed by atoms with van der Waals surface area (Å²) in [7, 11) is 0. The van der Waals surface area contributed by atoms with Crippen LogP contribution in [0.15, 0.2) is 30.5 Å². The molecule has 0 unspecified atom stereocenters. The molecule has 6 nitrogen and oxygen atoms in total. The van der Waals surface area contributed by atoms with Crippen molar-refractivity contribution in [3.05, 3.63) is 51.5 Å². The molecule has 0 atom stereocenters. The van der Waals surface area contributed by atoms with Gasteiger partial charge in [0.25, 0.3) is 5.91 Å². The molecule has 1 aliphatic rings. The molecule has 0 radical (unpaired) electrons. The fourth-order valence-electron chi connectivity index (χ4n) is 2.52. The molecule has 0 saturated heterocycles. The lowest BCUT2D eigenvalue weighted by Gasteiger charge is -2.10. The number of carbonyl (C=O) groups excluding carboxylic acids is 2. The van der Waals surface area contributed by atoms with E-state index in [4.69, 9.17) is 0 Å². The molecule has 0 fully saturated rings. The van der Waals surface area contributed by atoms with Crippen molar-refractivity contribution in [3.63, 3.8) is 0 Å². The number of hydrogen-bond acceptors (Lipinski definition) is 5. The summed E-state index contributed by atoms with van der Waals surface area (Å²) in [6.45, 7) is 2.52. The number of nitrogens with zero attached hydrogens (tertiary/aromatic N) is 1. The molecule has 0 spiro atoms. The second-order valence-corrected chi connectivity index (χ2v) is 6.73. The average Bonchev–Trinajstić information content (AvgIpc) is 3.05. The van der Waals surface area contributed by atoms with E-state index in [-0.39, 0.29) is 18.2 Å². The number of carbonyl (C=O) groups is 2. The number of rotatable bonds is 6. The molecular formula is C17H20N4O2S. The highest BCUT2D eigenvalue weighted by Crippen LogP contribution is 2.25. The summed E-state index contributed by atoms with van der Waals surface area (Å²) in [4.78, 5) is 30.1. The van der Waals surface area contributed by atoms with Crippen LogP contribution in [0.5, 0.6) is 0 Å². The van der Waals surface area contributed by atoms with Gasteiger partial charge in [0.05, 0.1) is 17.1 Å². The van der Waals surface area contributed by atoms with E-state index < -0.39 is 0 Å². The number of hydrogen-bond donors (Lipinski definition) is 3. The second-order valence-electron chi connectivity index (χ2n) is 5.59. The van der Waals surface area contributed by atoms with Crippen molar-refractivity contribution in [2.24, 2.45) is 0 Å². The Morgan fingerprint density at radius 1 is 1.29 bits per heavy atom. The van der Waals surface area contributed by atoms with E-state index in [1.54, 1.807) is 17.5 Å². The van der Waals surface area contributed by atoms with Crippen molar-refractivity contribution < 1.29 is 9.59 Å². The van der Waals surface area contributed by atoms with Crippen LogP contribution in [0.3, 0.4) is 0 Å². The Hall–Kier alpha value is -2.25. The monoisotopic (exact) mass is 344 g/mol. The van der Waals surface area contributed by atoms with Crippen LogP contribution in [0.25, 0.3) is 0 Å². The van der Waals surface area contributed by atoms with Crippen molar-refractivity contribution in [3.8, 4) is 0 Å². The normalized spacial score (nSPS) is 13.2. The van der Waals surface area contributed by atoms with E-state index in [2.05, 4.69) is 20.9 Å². The first-order chi connectivity index (χ1) is 11.7. The van der Waals surface area contributed by atoms with E-state index in [1.165, 1.54) is 10.4 Å². The smallest absolute Gasteiger partial charge is 0.261 e. The molecule has 24 heavy (non-hydrogen) atoms. The average molecular weight is 344 g/mol. The summed E-state index contributed by atoms with van der Waals surface area (Å²) in [6, 6.07) is 7.52. The molecule has 2 aromatic heterocycles. The molecule has 126 valence electrons. The van der Waals surface area contributed by atoms with Crippen LogP contribution in [-0.4, -0.2) is 29.9 Å². The SMILES string of the molecule is O=C(CCNC(=O)c1cc2c(s1)CCNC2)NCc1ccccn1. The summed E-state index contributed by atoms with van der Waals surface area (Å²) in [5.74, 6) is -0.206. The van der Waals surface area contributed by atoms with Crippen LogP contribution in [0.4, 0.5) is 0 Å². The van der Waals surface area contributed by atoms with Gasteiger partial charge >= 0.3 is 0 Å². The van der Waals surface area contributed by atoms with Gasteiger partial charge in [-0.15, -0.1) is 11.3 Å². The van der Waals surface area contributed by atoms with Gasteiger partial charge < -0.3 is 16.0 Å². The minimum Gasteiger partial charge on any atom is -0.351 e. The number of thiophene rings is 1. The van der Waals surface area contributed by atoms with Gasteiger partial charge in [0, 0.05) is 37.1 Å². The van der Waals surface area contributed by atoms with Crippen molar-refractivity contribution in [2.75, 3.05) is 13.1 Å². The molecule has 0 bridgehead atoms. The number of amides is 2. The van der Waals surface area contributed by atoms with Crippen LogP contribution in [-0.2, 0) is 24.3 Å². The van der Waals surface area contributed by atoms with Crippen LogP contribution < -0.4 is 16.0 Å². The van der Waals surface area contributed by atoms with Gasteiger partial charge in [0.15, 0.2) is 0 Å². The molecule has 7 heteroatoms. The van der Waals surface area contributed by atoms with Gasteiger partial charge in [-0.3, -0.25) is 14.6 Å². The Balaban J connectivity index is 1.40. The van der Waals surface area contributed by atoms with Crippen molar-refractivity contribution >= 4 is 23.2 Å². The quantitative estimate of drug-likeness (QED) is 0.736. The highest BCUT2D eigenvalue weighted by molar-refractivity contribution is 7.14. The maximum atomic E-state index is 12.2. The summed E-state index contributed by atoms with van der Waals surface area (Å²) in [5.41, 5.74) is 2.03. The first-order valence-electron chi connectivity index (χ1n) is 7.99. The number of pyridine rings is 1. The van der Waals surface area contributed by atoms with Gasteiger partial charge in [-0.2, -0.15) is 0 Å². The van der Waals surface area contributed by atoms with Crippen molar-refractivity contribution in [2.45, 2.75) is 25.9 Å². The minimum atomic E-state index is -0.105. The predicted octanol–water partition coefficient (Wildman–Crippen LogP) is 1.23. The third-order valence-corrected chi connectivity index (χ3v) is 5.03. The third-order valence-electron chi connectivity index (χ3n) is 3.80. The van der Waals surface area contributed by atoms with Gasteiger partial charge in [-0.1, -0.05) is 6.07 Å². The Morgan fingerprint density at radius 2 is 2.21 bits per heavy atom. The molecule has 0 aromatic carbocycles. The molecule has 3 rings (SSSR count). The summed E-state index contributed by atoms with van der Waals surface area (Å²) in [6.07, 6.45) is 2.92. The van der Waals surface area contributed by atoms with Crippen molar-refractivity contribution in [1.29, 1.82) is 0 Å². The zero-order valence-corrected chi connectivity index (χ0v) is 14.1. The molecule has 3 N–H and O–H groups in total. The second kappa shape index (κ2) is 8.03.